The van der Waals surface area contributed by atoms with E-state index in [0.717, 1.165) is 59.9 Å². The van der Waals surface area contributed by atoms with Gasteiger partial charge in [-0.25, -0.2) is 16.4 Å². The molecule has 1 aliphatic rings. The van der Waals surface area contributed by atoms with Crippen LogP contribution in [-0.2, 0) is 0 Å². The Morgan fingerprint density at radius 2 is 1.57 bits per heavy atom. The second kappa shape index (κ2) is 9.53. The predicted molar refractivity (Wildman–Crippen MR) is 135 cm³/mol. The number of amidine groups is 1. The van der Waals surface area contributed by atoms with E-state index in [1.807, 2.05) is 70.2 Å². The van der Waals surface area contributed by atoms with Crippen LogP contribution in [0.15, 0.2) is 72.2 Å². The van der Waals surface area contributed by atoms with Gasteiger partial charge in [0.1, 0.15) is 0 Å². The molecule has 1 aliphatic heterocycles. The zero-order valence-corrected chi connectivity index (χ0v) is 19.4. The molecule has 5 N–H and O–H groups in total. The molecule has 178 valence electrons. The number of imidazole rings is 1. The van der Waals surface area contributed by atoms with Gasteiger partial charge < -0.3 is 15.5 Å². The molecule has 1 fully saturated rings. The van der Waals surface area contributed by atoms with Crippen molar-refractivity contribution in [3.63, 3.8) is 0 Å². The third-order valence-corrected chi connectivity index (χ3v) is 6.28. The molecular formula is C25H27N9O. The summed E-state index contributed by atoms with van der Waals surface area (Å²) in [6.07, 6.45) is 5.51. The number of nitrogens with two attached hydrogens (primary N) is 2. The largest absolute Gasteiger partial charge is 0.382 e. The highest BCUT2D eigenvalue weighted by Crippen LogP contribution is 2.24. The molecule has 5 rings (SSSR count). The fourth-order valence-electron chi connectivity index (χ4n) is 4.17. The van der Waals surface area contributed by atoms with Gasteiger partial charge in [0.25, 0.3) is 5.91 Å². The number of aromatic nitrogens is 3. The lowest BCUT2D eigenvalue weighted by Gasteiger charge is -2.32. The van der Waals surface area contributed by atoms with E-state index in [0.29, 0.717) is 11.4 Å². The molecule has 2 aromatic heterocycles. The average Bonchev–Trinajstić information content (AvgIpc) is 3.32. The smallest absolute Gasteiger partial charge is 0.253 e. The second-order valence-electron chi connectivity index (χ2n) is 8.52. The van der Waals surface area contributed by atoms with Crippen molar-refractivity contribution in [3.05, 3.63) is 78.2 Å². The number of benzene rings is 2. The molecule has 0 aliphatic carbocycles. The summed E-state index contributed by atoms with van der Waals surface area (Å²) in [5, 5.41) is 3.80. The van der Waals surface area contributed by atoms with Crippen molar-refractivity contribution in [1.29, 1.82) is 0 Å². The van der Waals surface area contributed by atoms with Crippen molar-refractivity contribution in [2.75, 3.05) is 33.2 Å². The molecule has 1 saturated heterocycles. The summed E-state index contributed by atoms with van der Waals surface area (Å²) in [6.45, 7) is 3.30. The number of carbonyl (C=O) groups excluding carboxylic acids is 1. The summed E-state index contributed by atoms with van der Waals surface area (Å²) >= 11 is 0. The highest BCUT2D eigenvalue weighted by Gasteiger charge is 2.20. The standard InChI is InChI=1S/C25H27N9O/c1-32-10-12-33(13-11-32)25(35)20-8-2-17(3-9-20)21-16-34-22(14-29-23(34)15-28-21)18-4-6-19(7-5-18)24(26)30-31-27/h2-9,14-16,31H,10-13,27H2,1H3,(H2,26,30). The van der Waals surface area contributed by atoms with Crippen LogP contribution in [0, 0.1) is 0 Å². The number of nitrogens with one attached hydrogen (secondary N) is 1. The van der Waals surface area contributed by atoms with Crippen LogP contribution in [-0.4, -0.2) is 69.1 Å². The summed E-state index contributed by atoms with van der Waals surface area (Å²) in [5.74, 6) is 5.58. The van der Waals surface area contributed by atoms with Gasteiger partial charge in [-0.05, 0) is 19.2 Å². The SMILES string of the molecule is CN1CCN(C(=O)c2ccc(-c3cn4c(-c5ccc(/C(N)=N/NN)cc5)cnc4cn3)cc2)CC1. The molecule has 0 unspecified atom stereocenters. The van der Waals surface area contributed by atoms with Gasteiger partial charge in [-0.1, -0.05) is 36.4 Å². The van der Waals surface area contributed by atoms with E-state index in [9.17, 15) is 4.79 Å². The first-order valence-corrected chi connectivity index (χ1v) is 11.3. The lowest BCUT2D eigenvalue weighted by Crippen LogP contribution is -2.47. The number of piperazine rings is 1. The number of hydrogen-bond acceptors (Lipinski definition) is 7. The van der Waals surface area contributed by atoms with Crippen LogP contribution in [0.25, 0.3) is 28.2 Å². The van der Waals surface area contributed by atoms with Crippen molar-refractivity contribution in [3.8, 4) is 22.5 Å². The van der Waals surface area contributed by atoms with Crippen LogP contribution >= 0.6 is 0 Å². The van der Waals surface area contributed by atoms with E-state index in [1.54, 1.807) is 6.20 Å². The number of nitrogens with zero attached hydrogens (tertiary/aromatic N) is 6. The number of hydrazine groups is 1. The number of rotatable bonds is 5. The maximum atomic E-state index is 12.9. The number of fused-ring (bicyclic) bond motifs is 1. The Hall–Kier alpha value is -4.28. The molecule has 3 heterocycles. The van der Waals surface area contributed by atoms with Gasteiger partial charge >= 0.3 is 0 Å². The third-order valence-electron chi connectivity index (χ3n) is 6.28. The Balaban J connectivity index is 1.40. The van der Waals surface area contributed by atoms with Gasteiger partial charge in [0.2, 0.25) is 0 Å². The first-order valence-electron chi connectivity index (χ1n) is 11.3. The Bertz CT molecular complexity index is 1370. The highest BCUT2D eigenvalue weighted by molar-refractivity contribution is 5.97. The molecule has 35 heavy (non-hydrogen) atoms. The van der Waals surface area contributed by atoms with Crippen LogP contribution in [0.5, 0.6) is 0 Å². The monoisotopic (exact) mass is 469 g/mol. The summed E-state index contributed by atoms with van der Waals surface area (Å²) < 4.78 is 2.00. The van der Waals surface area contributed by atoms with E-state index >= 15 is 0 Å². The maximum absolute atomic E-state index is 12.9. The summed E-state index contributed by atoms with van der Waals surface area (Å²) in [5.41, 5.74) is 13.9. The summed E-state index contributed by atoms with van der Waals surface area (Å²) in [6, 6.07) is 15.3. The summed E-state index contributed by atoms with van der Waals surface area (Å²) in [4.78, 5) is 26.1. The molecule has 0 radical (unpaired) electrons. The molecule has 0 bridgehead atoms. The third kappa shape index (κ3) is 4.57. The van der Waals surface area contributed by atoms with Crippen molar-refractivity contribution in [1.82, 2.24) is 29.7 Å². The minimum absolute atomic E-state index is 0.0707. The van der Waals surface area contributed by atoms with Crippen LogP contribution in [0.3, 0.4) is 0 Å². The number of likely N-dealkylation sites (N-methyl/N-ethyl adjacent to an activating group) is 1. The fraction of sp³-hybridized carbons (Fsp3) is 0.200. The minimum atomic E-state index is 0.0707. The molecule has 0 spiro atoms. The first kappa shape index (κ1) is 22.5. The molecule has 4 aromatic rings. The van der Waals surface area contributed by atoms with E-state index in [-0.39, 0.29) is 5.91 Å². The molecule has 2 aromatic carbocycles. The van der Waals surface area contributed by atoms with Gasteiger partial charge in [-0.2, -0.15) is 0 Å². The minimum Gasteiger partial charge on any atom is -0.382 e. The molecule has 10 heteroatoms. The fourth-order valence-corrected chi connectivity index (χ4v) is 4.17. The van der Waals surface area contributed by atoms with E-state index in [2.05, 4.69) is 32.6 Å². The lowest BCUT2D eigenvalue weighted by atomic mass is 10.1. The normalized spacial score (nSPS) is 14.9. The Kier molecular flexibility index (Phi) is 6.13. The van der Waals surface area contributed by atoms with Crippen molar-refractivity contribution in [2.24, 2.45) is 16.7 Å². The Labute approximate surface area is 202 Å². The van der Waals surface area contributed by atoms with E-state index < -0.39 is 0 Å². The molecule has 10 nitrogen and oxygen atoms in total. The number of amides is 1. The van der Waals surface area contributed by atoms with Gasteiger partial charge in [0, 0.05) is 54.6 Å². The topological polar surface area (TPSA) is 130 Å². The van der Waals surface area contributed by atoms with Crippen molar-refractivity contribution >= 4 is 17.4 Å². The lowest BCUT2D eigenvalue weighted by molar-refractivity contribution is 0.0664. The molecule has 1 amide bonds. The molecular weight excluding hydrogens is 442 g/mol. The van der Waals surface area contributed by atoms with Crippen LogP contribution < -0.4 is 17.1 Å². The van der Waals surface area contributed by atoms with Crippen LogP contribution in [0.4, 0.5) is 0 Å². The summed E-state index contributed by atoms with van der Waals surface area (Å²) in [7, 11) is 2.08. The average molecular weight is 470 g/mol. The van der Waals surface area contributed by atoms with Crippen LogP contribution in [0.2, 0.25) is 0 Å². The van der Waals surface area contributed by atoms with Gasteiger partial charge in [0.05, 0.1) is 23.8 Å². The van der Waals surface area contributed by atoms with E-state index in [1.165, 1.54) is 0 Å². The molecule has 0 atom stereocenters. The first-order chi connectivity index (χ1) is 17.0. The van der Waals surface area contributed by atoms with Crippen LogP contribution in [0.1, 0.15) is 15.9 Å². The predicted octanol–water partition coefficient (Wildman–Crippen LogP) is 1.53. The van der Waals surface area contributed by atoms with Crippen molar-refractivity contribution in [2.45, 2.75) is 0 Å². The highest BCUT2D eigenvalue weighted by atomic mass is 16.2. The quantitative estimate of drug-likeness (QED) is 0.175. The second-order valence-corrected chi connectivity index (χ2v) is 8.52. The van der Waals surface area contributed by atoms with Gasteiger partial charge in [0.15, 0.2) is 11.5 Å². The number of hydrogen-bond donors (Lipinski definition) is 3. The van der Waals surface area contributed by atoms with Gasteiger partial charge in [-0.15, -0.1) is 5.10 Å². The van der Waals surface area contributed by atoms with Gasteiger partial charge in [-0.3, -0.25) is 14.2 Å². The number of hydrazone groups is 1. The Morgan fingerprint density at radius 3 is 2.26 bits per heavy atom. The molecule has 0 saturated carbocycles. The zero-order chi connectivity index (χ0) is 24.4. The Morgan fingerprint density at radius 1 is 0.914 bits per heavy atom. The zero-order valence-electron chi connectivity index (χ0n) is 19.4. The number of carbonyl (C=O) groups is 1. The van der Waals surface area contributed by atoms with Crippen molar-refractivity contribution < 1.29 is 4.79 Å². The maximum Gasteiger partial charge on any atom is 0.253 e. The van der Waals surface area contributed by atoms with E-state index in [4.69, 9.17) is 11.6 Å².